The number of aryl methyl sites for hydroxylation is 1. The molecule has 38 heavy (non-hydrogen) atoms. The van der Waals surface area contributed by atoms with Crippen LogP contribution in [0, 0.1) is 6.92 Å². The number of allylic oxidation sites excluding steroid dienone is 1. The minimum Gasteiger partial charge on any atom is -0.379 e. The average molecular weight is 668 g/mol. The molecule has 9 nitrogen and oxygen atoms in total. The zero-order valence-corrected chi connectivity index (χ0v) is 25.3. The molecule has 1 aliphatic heterocycles. The van der Waals surface area contributed by atoms with Gasteiger partial charge in [0, 0.05) is 32.9 Å². The van der Waals surface area contributed by atoms with Gasteiger partial charge in [0.25, 0.3) is 10.1 Å². The van der Waals surface area contributed by atoms with E-state index >= 15 is 0 Å². The first-order chi connectivity index (χ1) is 18.4. The fourth-order valence-electron chi connectivity index (χ4n) is 3.96. The van der Waals surface area contributed by atoms with Gasteiger partial charge in [-0.25, -0.2) is 4.79 Å². The van der Waals surface area contributed by atoms with E-state index in [4.69, 9.17) is 21.5 Å². The fourth-order valence-corrected chi connectivity index (χ4v) is 5.33. The Balaban J connectivity index is 1.85. The molecule has 1 aromatic carbocycles. The first kappa shape index (κ1) is 33.0. The summed E-state index contributed by atoms with van der Waals surface area (Å²) in [4.78, 5) is 13.8. The number of halogens is 1. The number of hydrogen-bond donors (Lipinski definition) is 0. The predicted octanol–water partition coefficient (Wildman–Crippen LogP) is 5.94. The van der Waals surface area contributed by atoms with Gasteiger partial charge in [-0.3, -0.25) is 4.18 Å². The van der Waals surface area contributed by atoms with Crippen LogP contribution in [-0.2, 0) is 31.6 Å². The highest BCUT2D eigenvalue weighted by atomic mass is 127. The monoisotopic (exact) mass is 667 g/mol. The minimum absolute atomic E-state index is 0.102. The molecule has 216 valence electrons. The van der Waals surface area contributed by atoms with Crippen molar-refractivity contribution in [2.45, 2.75) is 82.0 Å². The Morgan fingerprint density at radius 3 is 2.58 bits per heavy atom. The molecule has 1 aliphatic rings. The number of rotatable bonds is 19. The number of carbonyl (C=O) groups is 1. The summed E-state index contributed by atoms with van der Waals surface area (Å²) in [6.07, 6.45) is 7.87. The highest BCUT2D eigenvalue weighted by Crippen LogP contribution is 2.18. The zero-order chi connectivity index (χ0) is 27.6. The standard InChI is InChI=1S/C27H42INO8S/c1-3-4-6-17-29(27(30)36-28)18-10-11-24(37-38(31,32)25-15-13-23(2)14-16-25)22-33-19-8-9-21-35-26-12-5-7-20-34-26/h3,13-16,24,26H,1,4-12,17-22H2,2H3. The summed E-state index contributed by atoms with van der Waals surface area (Å²) in [5.74, 6) is 0. The maximum absolute atomic E-state index is 12.9. The largest absolute Gasteiger partial charge is 0.419 e. The molecular weight excluding hydrogens is 625 g/mol. The van der Waals surface area contributed by atoms with Crippen molar-refractivity contribution in [2.24, 2.45) is 0 Å². The molecule has 1 saturated heterocycles. The molecular formula is C27H42INO8S. The van der Waals surface area contributed by atoms with E-state index in [1.54, 1.807) is 46.1 Å². The molecule has 1 amide bonds. The average Bonchev–Trinajstić information content (AvgIpc) is 2.91. The summed E-state index contributed by atoms with van der Waals surface area (Å²) in [5.41, 5.74) is 0.960. The lowest BCUT2D eigenvalue weighted by Crippen LogP contribution is -2.33. The van der Waals surface area contributed by atoms with Crippen molar-refractivity contribution in [3.8, 4) is 0 Å². The van der Waals surface area contributed by atoms with Crippen molar-refractivity contribution in [2.75, 3.05) is 39.5 Å². The van der Waals surface area contributed by atoms with E-state index in [1.165, 1.54) is 12.1 Å². The van der Waals surface area contributed by atoms with E-state index in [0.29, 0.717) is 39.1 Å². The Morgan fingerprint density at radius 2 is 1.89 bits per heavy atom. The van der Waals surface area contributed by atoms with Gasteiger partial charge >= 0.3 is 6.09 Å². The molecule has 0 N–H and O–H groups in total. The van der Waals surface area contributed by atoms with E-state index < -0.39 is 22.3 Å². The third-order valence-corrected chi connectivity index (χ3v) is 7.87. The van der Waals surface area contributed by atoms with E-state index in [9.17, 15) is 13.2 Å². The summed E-state index contributed by atoms with van der Waals surface area (Å²) in [6.45, 7) is 8.51. The van der Waals surface area contributed by atoms with Crippen LogP contribution in [0.4, 0.5) is 4.79 Å². The first-order valence-corrected chi connectivity index (χ1v) is 15.6. The Labute approximate surface area is 242 Å². The zero-order valence-electron chi connectivity index (χ0n) is 22.4. The molecule has 1 heterocycles. The normalized spacial score (nSPS) is 16.6. The molecule has 0 bridgehead atoms. The molecule has 2 rings (SSSR count). The lowest BCUT2D eigenvalue weighted by atomic mass is 10.2. The smallest absolute Gasteiger partial charge is 0.379 e. The SMILES string of the molecule is C=CCCCN(CCCC(COCCCCOC1CCCCO1)OS(=O)(=O)c1ccc(C)cc1)C(=O)OI. The van der Waals surface area contributed by atoms with Gasteiger partial charge in [-0.2, -0.15) is 8.42 Å². The molecule has 2 unspecified atom stereocenters. The molecule has 0 aliphatic carbocycles. The van der Waals surface area contributed by atoms with Gasteiger partial charge in [-0.1, -0.05) is 23.8 Å². The van der Waals surface area contributed by atoms with Crippen molar-refractivity contribution in [3.63, 3.8) is 0 Å². The molecule has 2 atom stereocenters. The quantitative estimate of drug-likeness (QED) is 0.0774. The molecule has 0 saturated carbocycles. The third-order valence-electron chi connectivity index (χ3n) is 6.12. The maximum Gasteiger partial charge on any atom is 0.419 e. The Bertz CT molecular complexity index is 906. The molecule has 1 fully saturated rings. The second kappa shape index (κ2) is 18.9. The predicted molar refractivity (Wildman–Crippen MR) is 154 cm³/mol. The van der Waals surface area contributed by atoms with Crippen molar-refractivity contribution in [1.82, 2.24) is 4.90 Å². The van der Waals surface area contributed by atoms with Crippen molar-refractivity contribution >= 4 is 39.2 Å². The van der Waals surface area contributed by atoms with Crippen LogP contribution in [0.25, 0.3) is 0 Å². The highest BCUT2D eigenvalue weighted by Gasteiger charge is 2.23. The van der Waals surface area contributed by atoms with E-state index in [2.05, 4.69) is 6.58 Å². The van der Waals surface area contributed by atoms with Crippen LogP contribution >= 0.6 is 23.0 Å². The molecule has 0 aromatic heterocycles. The van der Waals surface area contributed by atoms with Crippen LogP contribution in [0.1, 0.15) is 63.4 Å². The number of amides is 1. The van der Waals surface area contributed by atoms with Crippen LogP contribution in [0.3, 0.4) is 0 Å². The van der Waals surface area contributed by atoms with Gasteiger partial charge < -0.3 is 22.2 Å². The lowest BCUT2D eigenvalue weighted by Gasteiger charge is -2.23. The summed E-state index contributed by atoms with van der Waals surface area (Å²) in [5, 5.41) is 0. The van der Waals surface area contributed by atoms with Gasteiger partial charge in [0.05, 0.1) is 11.5 Å². The van der Waals surface area contributed by atoms with E-state index in [0.717, 1.165) is 57.1 Å². The van der Waals surface area contributed by atoms with Gasteiger partial charge in [0.15, 0.2) is 29.3 Å². The first-order valence-electron chi connectivity index (χ1n) is 13.3. The summed E-state index contributed by atoms with van der Waals surface area (Å²) in [6, 6.07) is 6.55. The Hall–Kier alpha value is -1.25. The topological polar surface area (TPSA) is 101 Å². The Morgan fingerprint density at radius 1 is 1.16 bits per heavy atom. The van der Waals surface area contributed by atoms with Gasteiger partial charge in [0.2, 0.25) is 0 Å². The number of unbranched alkanes of at least 4 members (excludes halogenated alkanes) is 2. The molecule has 0 spiro atoms. The second-order valence-corrected chi connectivity index (χ2v) is 11.4. The van der Waals surface area contributed by atoms with E-state index in [1.807, 2.05) is 6.92 Å². The molecule has 11 heteroatoms. The van der Waals surface area contributed by atoms with Gasteiger partial charge in [0.1, 0.15) is 6.10 Å². The van der Waals surface area contributed by atoms with E-state index in [-0.39, 0.29) is 17.8 Å². The van der Waals surface area contributed by atoms with Gasteiger partial charge in [-0.15, -0.1) is 6.58 Å². The second-order valence-electron chi connectivity index (χ2n) is 9.34. The van der Waals surface area contributed by atoms with Crippen LogP contribution in [-0.4, -0.2) is 71.3 Å². The summed E-state index contributed by atoms with van der Waals surface area (Å²) in [7, 11) is -3.96. The van der Waals surface area contributed by atoms with Crippen molar-refractivity contribution in [3.05, 3.63) is 42.5 Å². The number of hydrogen-bond acceptors (Lipinski definition) is 8. The Kier molecular flexibility index (Phi) is 16.4. The number of benzene rings is 1. The lowest BCUT2D eigenvalue weighted by molar-refractivity contribution is -0.163. The number of nitrogens with zero attached hydrogens (tertiary/aromatic N) is 1. The summed E-state index contributed by atoms with van der Waals surface area (Å²) >= 11 is 1.57. The van der Waals surface area contributed by atoms with Crippen molar-refractivity contribution in [1.29, 1.82) is 0 Å². The van der Waals surface area contributed by atoms with Crippen molar-refractivity contribution < 1.29 is 34.7 Å². The summed E-state index contributed by atoms with van der Waals surface area (Å²) < 4.78 is 53.4. The van der Waals surface area contributed by atoms with Crippen LogP contribution in [0.15, 0.2) is 41.8 Å². The number of ether oxygens (including phenoxy) is 3. The number of carbonyl (C=O) groups excluding carboxylic acids is 1. The van der Waals surface area contributed by atoms with Crippen LogP contribution in [0.2, 0.25) is 0 Å². The minimum atomic E-state index is -3.96. The van der Waals surface area contributed by atoms with Crippen LogP contribution in [0.5, 0.6) is 0 Å². The molecule has 1 aromatic rings. The van der Waals surface area contributed by atoms with Gasteiger partial charge in [-0.05, 0) is 76.8 Å². The molecule has 0 radical (unpaired) electrons. The fraction of sp³-hybridized carbons (Fsp3) is 0.667. The maximum atomic E-state index is 12.9. The third kappa shape index (κ3) is 13.2. The van der Waals surface area contributed by atoms with Crippen LogP contribution < -0.4 is 0 Å². The highest BCUT2D eigenvalue weighted by molar-refractivity contribution is 14.1.